The summed E-state index contributed by atoms with van der Waals surface area (Å²) in [6.07, 6.45) is 3.56. The summed E-state index contributed by atoms with van der Waals surface area (Å²) < 4.78 is 85.3. The van der Waals surface area contributed by atoms with Crippen molar-refractivity contribution in [2.75, 3.05) is 13.2 Å². The van der Waals surface area contributed by atoms with Gasteiger partial charge in [-0.05, 0) is 108 Å². The van der Waals surface area contributed by atoms with Gasteiger partial charge in [0.1, 0.15) is 18.2 Å². The van der Waals surface area contributed by atoms with E-state index in [4.69, 9.17) is 19.9 Å². The molecule has 14 nitrogen and oxygen atoms in total. The van der Waals surface area contributed by atoms with E-state index in [1.54, 1.807) is 13.8 Å². The molecule has 7 atom stereocenters. The Bertz CT molecular complexity index is 2140. The van der Waals surface area contributed by atoms with Crippen LogP contribution in [0.3, 0.4) is 0 Å². The minimum absolute atomic E-state index is 0.00548. The van der Waals surface area contributed by atoms with Gasteiger partial charge in [0.15, 0.2) is 0 Å². The van der Waals surface area contributed by atoms with Crippen LogP contribution in [0, 0.1) is 23.7 Å². The van der Waals surface area contributed by atoms with Crippen molar-refractivity contribution in [3.63, 3.8) is 0 Å². The Morgan fingerprint density at radius 2 is 1.82 bits per heavy atom. The number of allylic oxidation sites excluding steroid dienone is 2. The van der Waals surface area contributed by atoms with Gasteiger partial charge in [-0.3, -0.25) is 19.1 Å². The predicted octanol–water partition coefficient (Wildman–Crippen LogP) is 6.63. The number of alkyl halides is 3. The summed E-state index contributed by atoms with van der Waals surface area (Å²) in [7, 11) is -3.74. The SMILES string of the molecule is CC[C@H](C[C@H](C)CC/C=C\[C@@H]1CCCC1C(=O)NS(=O)(=O)C1(C)CC1)[C@H](NC(=O)OC(C)(C)C(F)(F)F)C(=O)N1C[C@H](Oc2nc3c(c4ccccc24)CCCO3)C[C@H]1C(N)=O. The second-order valence-electron chi connectivity index (χ2n) is 18.2. The number of carbonyl (C=O) groups excluding carboxylic acids is 4. The van der Waals surface area contributed by atoms with Crippen LogP contribution in [-0.2, 0) is 35.6 Å². The molecule has 342 valence electrons. The topological polar surface area (TPSA) is 196 Å². The van der Waals surface area contributed by atoms with E-state index in [0.29, 0.717) is 71.3 Å². The summed E-state index contributed by atoms with van der Waals surface area (Å²) >= 11 is 0. The van der Waals surface area contributed by atoms with Gasteiger partial charge in [0.25, 0.3) is 0 Å². The highest BCUT2D eigenvalue weighted by Crippen LogP contribution is 2.43. The molecule has 62 heavy (non-hydrogen) atoms. The second kappa shape index (κ2) is 18.6. The van der Waals surface area contributed by atoms with Crippen LogP contribution in [0.15, 0.2) is 36.4 Å². The molecular formula is C44H60F3N5O9S. The molecule has 2 saturated carbocycles. The second-order valence-corrected chi connectivity index (χ2v) is 20.4. The lowest BCUT2D eigenvalue weighted by molar-refractivity contribution is -0.244. The minimum Gasteiger partial charge on any atom is -0.477 e. The molecule has 4 N–H and O–H groups in total. The lowest BCUT2D eigenvalue weighted by Gasteiger charge is -2.34. The molecule has 2 aliphatic carbocycles. The van der Waals surface area contributed by atoms with Crippen molar-refractivity contribution in [1.82, 2.24) is 19.9 Å². The van der Waals surface area contributed by atoms with Crippen LogP contribution in [0.1, 0.15) is 111 Å². The van der Waals surface area contributed by atoms with Gasteiger partial charge in [-0.15, -0.1) is 0 Å². The summed E-state index contributed by atoms with van der Waals surface area (Å²) in [4.78, 5) is 59.7. The number of hydrogen-bond donors (Lipinski definition) is 3. The molecule has 6 rings (SSSR count). The fourth-order valence-corrected chi connectivity index (χ4v) is 10.1. The molecule has 3 heterocycles. The number of nitrogens with two attached hydrogens (primary N) is 1. The van der Waals surface area contributed by atoms with Crippen LogP contribution in [0.4, 0.5) is 18.0 Å². The molecule has 2 aliphatic heterocycles. The van der Waals surface area contributed by atoms with Gasteiger partial charge in [0, 0.05) is 23.3 Å². The molecule has 4 aliphatic rings. The number of aromatic nitrogens is 1. The van der Waals surface area contributed by atoms with Crippen molar-refractivity contribution >= 4 is 44.6 Å². The van der Waals surface area contributed by atoms with Crippen molar-refractivity contribution in [3.8, 4) is 11.8 Å². The zero-order valence-electron chi connectivity index (χ0n) is 36.1. The fraction of sp³-hybridized carbons (Fsp3) is 0.659. The van der Waals surface area contributed by atoms with Crippen LogP contribution in [-0.4, -0.2) is 90.0 Å². The number of rotatable bonds is 17. The van der Waals surface area contributed by atoms with Crippen molar-refractivity contribution in [2.45, 2.75) is 146 Å². The number of ether oxygens (including phenoxy) is 3. The first-order valence-corrected chi connectivity index (χ1v) is 23.2. The molecule has 0 bridgehead atoms. The van der Waals surface area contributed by atoms with E-state index < -0.39 is 80.4 Å². The van der Waals surface area contributed by atoms with E-state index in [2.05, 4.69) is 15.0 Å². The third-order valence-corrected chi connectivity index (χ3v) is 15.3. The van der Waals surface area contributed by atoms with E-state index in [1.807, 2.05) is 43.3 Å². The zero-order valence-corrected chi connectivity index (χ0v) is 36.9. The first kappa shape index (κ1) is 46.9. The third-order valence-electron chi connectivity index (χ3n) is 13.1. The van der Waals surface area contributed by atoms with Crippen LogP contribution in [0.5, 0.6) is 11.8 Å². The number of pyridine rings is 1. The average Bonchev–Trinajstić information content (AvgIpc) is 3.58. The van der Waals surface area contributed by atoms with Crippen LogP contribution >= 0.6 is 0 Å². The molecule has 1 aromatic heterocycles. The number of primary amides is 1. The van der Waals surface area contributed by atoms with Crippen LogP contribution in [0.2, 0.25) is 0 Å². The van der Waals surface area contributed by atoms with Gasteiger partial charge in [0.05, 0.1) is 17.9 Å². The standard InChI is InChI=1S/C44H60F3N5O9S/c1-6-27(23-26(2)13-7-8-14-28-15-11-18-30(28)37(54)51-62(57,58)43(5)20-21-43)35(49-41(56)61-42(3,4)44(45,46)47)40(55)52-25-29(24-34(52)36(48)53)60-39-33-17-10-9-16-31(33)32-19-12-22-59-38(32)50-39/h8-10,14,16-17,26-30,34-35H,6-7,11-13,15,18-25H2,1-5H3,(H2,48,53)(H,49,56)(H,51,54)/b14-8-/t26-,27-,28-,29-,30?,34+,35+/m1/s1. The monoisotopic (exact) mass is 891 g/mol. The quantitative estimate of drug-likeness (QED) is 0.145. The Balaban J connectivity index is 1.15. The maximum atomic E-state index is 14.6. The maximum absolute atomic E-state index is 14.6. The molecule has 3 fully saturated rings. The van der Waals surface area contributed by atoms with Gasteiger partial charge >= 0.3 is 12.3 Å². The molecule has 2 aromatic rings. The molecule has 0 spiro atoms. The summed E-state index contributed by atoms with van der Waals surface area (Å²) in [5.74, 6) is -2.51. The van der Waals surface area contributed by atoms with Crippen molar-refractivity contribution in [1.29, 1.82) is 0 Å². The summed E-state index contributed by atoms with van der Waals surface area (Å²) in [5.41, 5.74) is 3.94. The number of alkyl carbamates (subject to hydrolysis) is 1. The molecular weight excluding hydrogens is 832 g/mol. The number of nitrogens with zero attached hydrogens (tertiary/aromatic N) is 2. The van der Waals surface area contributed by atoms with Crippen LogP contribution < -0.4 is 25.2 Å². The van der Waals surface area contributed by atoms with E-state index in [1.165, 1.54) is 4.90 Å². The third kappa shape index (κ3) is 10.4. The van der Waals surface area contributed by atoms with Gasteiger partial charge in [-0.2, -0.15) is 18.2 Å². The summed E-state index contributed by atoms with van der Waals surface area (Å²) in [6, 6.07) is 5.01. The highest BCUT2D eigenvalue weighted by molar-refractivity contribution is 7.91. The number of halogens is 3. The number of amides is 4. The molecule has 1 unspecified atom stereocenters. The number of fused-ring (bicyclic) bond motifs is 3. The normalized spacial score (nSPS) is 23.8. The van der Waals surface area contributed by atoms with E-state index in [0.717, 1.165) is 42.0 Å². The molecule has 1 saturated heterocycles. The minimum atomic E-state index is -4.90. The van der Waals surface area contributed by atoms with E-state index >= 15 is 0 Å². The Morgan fingerprint density at radius 1 is 1.11 bits per heavy atom. The van der Waals surface area contributed by atoms with Gasteiger partial charge in [-0.25, -0.2) is 13.2 Å². The van der Waals surface area contributed by atoms with Gasteiger partial charge < -0.3 is 30.2 Å². The Morgan fingerprint density at radius 3 is 2.48 bits per heavy atom. The first-order chi connectivity index (χ1) is 29.1. The largest absolute Gasteiger partial charge is 0.477 e. The Kier molecular flexibility index (Phi) is 14.1. The number of benzene rings is 1. The maximum Gasteiger partial charge on any atom is 0.427 e. The molecule has 0 radical (unpaired) electrons. The number of likely N-dealkylation sites (tertiary alicyclic amines) is 1. The number of hydrogen-bond acceptors (Lipinski definition) is 10. The van der Waals surface area contributed by atoms with Crippen molar-refractivity contribution < 1.29 is 55.0 Å². The Hall–Kier alpha value is -4.61. The summed E-state index contributed by atoms with van der Waals surface area (Å²) in [5, 5.41) is 4.07. The lowest BCUT2D eigenvalue weighted by atomic mass is 9.84. The van der Waals surface area contributed by atoms with Crippen molar-refractivity contribution in [3.05, 3.63) is 42.0 Å². The number of nitrogens with one attached hydrogen (secondary N) is 2. The highest BCUT2D eigenvalue weighted by atomic mass is 32.2. The molecule has 4 amide bonds. The predicted molar refractivity (Wildman–Crippen MR) is 224 cm³/mol. The van der Waals surface area contributed by atoms with Gasteiger partial charge in [0.2, 0.25) is 45.1 Å². The number of aryl methyl sites for hydroxylation is 1. The average molecular weight is 892 g/mol. The number of carbonyl (C=O) groups is 4. The smallest absolute Gasteiger partial charge is 0.427 e. The Labute approximate surface area is 361 Å². The lowest BCUT2D eigenvalue weighted by Crippen LogP contribution is -2.57. The van der Waals surface area contributed by atoms with E-state index in [-0.39, 0.29) is 30.7 Å². The zero-order chi connectivity index (χ0) is 45.2. The summed E-state index contributed by atoms with van der Waals surface area (Å²) in [6.45, 7) is 7.19. The van der Waals surface area contributed by atoms with Crippen LogP contribution in [0.25, 0.3) is 10.8 Å². The number of sulfonamides is 1. The molecule has 1 aromatic carbocycles. The van der Waals surface area contributed by atoms with E-state index in [9.17, 15) is 40.8 Å². The van der Waals surface area contributed by atoms with Gasteiger partial charge in [-0.1, -0.05) is 57.0 Å². The molecule has 18 heteroatoms. The fourth-order valence-electron chi connectivity index (χ4n) is 8.84. The first-order valence-electron chi connectivity index (χ1n) is 21.7. The van der Waals surface area contributed by atoms with Crippen molar-refractivity contribution in [2.24, 2.45) is 29.4 Å². The highest BCUT2D eigenvalue weighted by Gasteiger charge is 2.53.